The van der Waals surface area contributed by atoms with E-state index in [2.05, 4.69) is 16.9 Å². The van der Waals surface area contributed by atoms with Gasteiger partial charge in [0, 0.05) is 29.9 Å². The van der Waals surface area contributed by atoms with E-state index < -0.39 is 0 Å². The molecule has 4 aromatic rings. The highest BCUT2D eigenvalue weighted by atomic mass is 32.1. The molecule has 130 valence electrons. The Morgan fingerprint density at radius 1 is 1.19 bits per heavy atom. The van der Waals surface area contributed by atoms with Crippen LogP contribution in [0.1, 0.15) is 22.6 Å². The molecule has 4 aromatic heterocycles. The van der Waals surface area contributed by atoms with Gasteiger partial charge in [-0.2, -0.15) is 0 Å². The lowest BCUT2D eigenvalue weighted by molar-refractivity contribution is 0.507. The molecule has 0 spiro atoms. The van der Waals surface area contributed by atoms with Crippen LogP contribution in [0.15, 0.2) is 47.3 Å². The minimum absolute atomic E-state index is 0.677. The smallest absolute Gasteiger partial charge is 0.164 e. The van der Waals surface area contributed by atoms with E-state index in [-0.39, 0.29) is 0 Å². The Morgan fingerprint density at radius 3 is 2.96 bits per heavy atom. The molecule has 0 aromatic carbocycles. The molecule has 1 aliphatic rings. The van der Waals surface area contributed by atoms with E-state index in [0.717, 1.165) is 40.6 Å². The van der Waals surface area contributed by atoms with Crippen LogP contribution >= 0.6 is 11.3 Å². The number of aryl methyl sites for hydroxylation is 2. The quantitative estimate of drug-likeness (QED) is 0.536. The highest BCUT2D eigenvalue weighted by Crippen LogP contribution is 2.41. The summed E-state index contributed by atoms with van der Waals surface area (Å²) in [4.78, 5) is 18.7. The molecule has 0 bridgehead atoms. The highest BCUT2D eigenvalue weighted by Gasteiger charge is 2.24. The monoisotopic (exact) mass is 362 g/mol. The average Bonchev–Trinajstić information content (AvgIpc) is 3.38. The maximum Gasteiger partial charge on any atom is 0.164 e. The molecule has 5 rings (SSSR count). The zero-order valence-corrected chi connectivity index (χ0v) is 15.3. The topological polar surface area (TPSA) is 55.1 Å². The van der Waals surface area contributed by atoms with Crippen LogP contribution in [0.3, 0.4) is 0 Å². The summed E-state index contributed by atoms with van der Waals surface area (Å²) in [5.41, 5.74) is 2.37. The number of aromatic nitrogens is 3. The van der Waals surface area contributed by atoms with Gasteiger partial charge in [-0.1, -0.05) is 0 Å². The summed E-state index contributed by atoms with van der Waals surface area (Å²) in [5, 5.41) is 1.21. The summed E-state index contributed by atoms with van der Waals surface area (Å²) < 4.78 is 5.53. The van der Waals surface area contributed by atoms with Gasteiger partial charge in [0.25, 0.3) is 0 Å². The van der Waals surface area contributed by atoms with Gasteiger partial charge in [0.15, 0.2) is 5.82 Å². The fraction of sp³-hybridized carbons (Fsp3) is 0.250. The van der Waals surface area contributed by atoms with Crippen molar-refractivity contribution in [2.75, 3.05) is 11.9 Å². The zero-order chi connectivity index (χ0) is 17.5. The lowest BCUT2D eigenvalue weighted by atomic mass is 10.1. The van der Waals surface area contributed by atoms with Gasteiger partial charge in [-0.05, 0) is 49.1 Å². The summed E-state index contributed by atoms with van der Waals surface area (Å²) in [5.74, 6) is 2.63. The SMILES string of the molecule is CN(Cc1ccco1)c1nc(-c2cccnc2)nc2sc3c(c12)CCC3. The summed E-state index contributed by atoms with van der Waals surface area (Å²) in [6, 6.07) is 7.84. The van der Waals surface area contributed by atoms with Gasteiger partial charge in [-0.15, -0.1) is 11.3 Å². The van der Waals surface area contributed by atoms with Crippen molar-refractivity contribution in [3.05, 3.63) is 59.1 Å². The van der Waals surface area contributed by atoms with Crippen molar-refractivity contribution >= 4 is 27.4 Å². The number of rotatable bonds is 4. The Bertz CT molecular complexity index is 1060. The number of pyridine rings is 1. The lowest BCUT2D eigenvalue weighted by Gasteiger charge is -2.19. The number of fused-ring (bicyclic) bond motifs is 3. The predicted molar refractivity (Wildman–Crippen MR) is 103 cm³/mol. The summed E-state index contributed by atoms with van der Waals surface area (Å²) in [6.07, 6.45) is 8.79. The second kappa shape index (κ2) is 6.21. The third-order valence-electron chi connectivity index (χ3n) is 4.80. The van der Waals surface area contributed by atoms with Crippen LogP contribution in [0, 0.1) is 0 Å². The molecule has 1 aliphatic carbocycles. The van der Waals surface area contributed by atoms with Gasteiger partial charge in [0.1, 0.15) is 16.4 Å². The molecule has 26 heavy (non-hydrogen) atoms. The number of hydrogen-bond acceptors (Lipinski definition) is 6. The Labute approximate surface area is 155 Å². The second-order valence-corrected chi connectivity index (χ2v) is 7.67. The van der Waals surface area contributed by atoms with Gasteiger partial charge in [0.2, 0.25) is 0 Å². The van der Waals surface area contributed by atoms with E-state index in [1.165, 1.54) is 22.2 Å². The molecule has 0 saturated heterocycles. The number of hydrogen-bond donors (Lipinski definition) is 0. The number of furan rings is 1. The van der Waals surface area contributed by atoms with Gasteiger partial charge in [-0.25, -0.2) is 9.97 Å². The van der Waals surface area contributed by atoms with Crippen molar-refractivity contribution in [1.82, 2.24) is 15.0 Å². The molecule has 4 heterocycles. The molecule has 0 unspecified atom stereocenters. The second-order valence-electron chi connectivity index (χ2n) is 6.59. The number of thiophene rings is 1. The van der Waals surface area contributed by atoms with Gasteiger partial charge >= 0.3 is 0 Å². The normalized spacial score (nSPS) is 13.3. The molecule has 0 N–H and O–H groups in total. The number of anilines is 1. The van der Waals surface area contributed by atoms with E-state index >= 15 is 0 Å². The van der Waals surface area contributed by atoms with Crippen LogP contribution in [0.2, 0.25) is 0 Å². The molecule has 0 fully saturated rings. The lowest BCUT2D eigenvalue weighted by Crippen LogP contribution is -2.18. The van der Waals surface area contributed by atoms with E-state index in [1.807, 2.05) is 41.8 Å². The Morgan fingerprint density at radius 2 is 2.15 bits per heavy atom. The highest BCUT2D eigenvalue weighted by molar-refractivity contribution is 7.19. The van der Waals surface area contributed by atoms with Crippen LogP contribution < -0.4 is 4.90 Å². The first kappa shape index (κ1) is 15.5. The minimum atomic E-state index is 0.677. The molecule has 5 nitrogen and oxygen atoms in total. The summed E-state index contributed by atoms with van der Waals surface area (Å²) >= 11 is 1.81. The number of nitrogens with zero attached hydrogens (tertiary/aromatic N) is 4. The minimum Gasteiger partial charge on any atom is -0.467 e. The predicted octanol–water partition coefficient (Wildman–Crippen LogP) is 4.47. The first-order chi connectivity index (χ1) is 12.8. The van der Waals surface area contributed by atoms with Gasteiger partial charge < -0.3 is 9.32 Å². The molecular weight excluding hydrogens is 344 g/mol. The average molecular weight is 362 g/mol. The Balaban J connectivity index is 1.68. The Hall–Kier alpha value is -2.73. The largest absolute Gasteiger partial charge is 0.467 e. The molecular formula is C20H18N4OS. The molecule has 0 saturated carbocycles. The van der Waals surface area contributed by atoms with Crippen molar-refractivity contribution < 1.29 is 4.42 Å². The molecule has 0 aliphatic heterocycles. The summed E-state index contributed by atoms with van der Waals surface area (Å²) in [7, 11) is 2.07. The standard InChI is InChI=1S/C20H18N4OS/c1-24(12-14-6-4-10-25-14)19-17-15-7-2-8-16(15)26-20(17)23-18(22-19)13-5-3-9-21-11-13/h3-6,9-11H,2,7-8,12H2,1H3. The van der Waals surface area contributed by atoms with Crippen molar-refractivity contribution in [3.8, 4) is 11.4 Å². The third kappa shape index (κ3) is 2.57. The molecule has 0 atom stereocenters. The molecule has 6 heteroatoms. The van der Waals surface area contributed by atoms with Gasteiger partial charge in [0.05, 0.1) is 18.2 Å². The van der Waals surface area contributed by atoms with E-state index in [4.69, 9.17) is 14.4 Å². The third-order valence-corrected chi connectivity index (χ3v) is 5.99. The van der Waals surface area contributed by atoms with Crippen LogP contribution in [-0.4, -0.2) is 22.0 Å². The maximum atomic E-state index is 5.53. The van der Waals surface area contributed by atoms with Gasteiger partial charge in [-0.3, -0.25) is 4.98 Å². The molecule has 0 amide bonds. The maximum absolute atomic E-state index is 5.53. The van der Waals surface area contributed by atoms with E-state index in [1.54, 1.807) is 12.5 Å². The first-order valence-electron chi connectivity index (χ1n) is 8.76. The van der Waals surface area contributed by atoms with Crippen molar-refractivity contribution in [1.29, 1.82) is 0 Å². The fourth-order valence-corrected chi connectivity index (χ4v) is 4.84. The molecule has 0 radical (unpaired) electrons. The van der Waals surface area contributed by atoms with Crippen LogP contribution in [-0.2, 0) is 19.4 Å². The van der Waals surface area contributed by atoms with E-state index in [0.29, 0.717) is 6.54 Å². The van der Waals surface area contributed by atoms with Crippen molar-refractivity contribution in [2.24, 2.45) is 0 Å². The first-order valence-corrected chi connectivity index (χ1v) is 9.57. The Kier molecular flexibility index (Phi) is 3.71. The summed E-state index contributed by atoms with van der Waals surface area (Å²) in [6.45, 7) is 0.677. The fourth-order valence-electron chi connectivity index (χ4n) is 3.59. The van der Waals surface area contributed by atoms with Crippen molar-refractivity contribution in [3.63, 3.8) is 0 Å². The van der Waals surface area contributed by atoms with E-state index in [9.17, 15) is 0 Å². The van der Waals surface area contributed by atoms with Crippen LogP contribution in [0.5, 0.6) is 0 Å². The van der Waals surface area contributed by atoms with Crippen LogP contribution in [0.25, 0.3) is 21.6 Å². The van der Waals surface area contributed by atoms with Crippen LogP contribution in [0.4, 0.5) is 5.82 Å². The zero-order valence-electron chi connectivity index (χ0n) is 14.5. The van der Waals surface area contributed by atoms with Crippen molar-refractivity contribution in [2.45, 2.75) is 25.8 Å².